The molecule has 0 aromatic carbocycles. The van der Waals surface area contributed by atoms with Crippen molar-refractivity contribution in [1.29, 1.82) is 0 Å². The zero-order chi connectivity index (χ0) is 14.4. The van der Waals surface area contributed by atoms with E-state index in [-0.39, 0.29) is 10.8 Å². The van der Waals surface area contributed by atoms with Crippen molar-refractivity contribution in [2.75, 3.05) is 32.8 Å². The van der Waals surface area contributed by atoms with Gasteiger partial charge >= 0.3 is 0 Å². The van der Waals surface area contributed by atoms with E-state index in [4.69, 9.17) is 9.47 Å². The lowest BCUT2D eigenvalue weighted by Gasteiger charge is -2.20. The summed E-state index contributed by atoms with van der Waals surface area (Å²) in [6.45, 7) is 2.59. The van der Waals surface area contributed by atoms with Crippen LogP contribution in [0, 0.1) is 5.92 Å². The number of aromatic nitrogens is 1. The smallest absolute Gasteiger partial charge is 0.257 e. The molecule has 21 heavy (non-hydrogen) atoms. The molecule has 0 saturated carbocycles. The fourth-order valence-corrected chi connectivity index (χ4v) is 4.28. The van der Waals surface area contributed by atoms with E-state index in [9.17, 15) is 8.42 Å². The largest absolute Gasteiger partial charge is 0.484 e. The number of nitrogens with zero attached hydrogens (tertiary/aromatic N) is 2. The van der Waals surface area contributed by atoms with Crippen LogP contribution in [0.5, 0.6) is 11.6 Å². The number of pyridine rings is 1. The first kappa shape index (κ1) is 12.9. The Morgan fingerprint density at radius 1 is 1.33 bits per heavy atom. The van der Waals surface area contributed by atoms with E-state index in [1.807, 2.05) is 6.20 Å². The Balaban J connectivity index is 1.66. The van der Waals surface area contributed by atoms with E-state index in [0.29, 0.717) is 37.9 Å². The highest BCUT2D eigenvalue weighted by molar-refractivity contribution is 7.89. The minimum absolute atomic E-state index is 0.153. The van der Waals surface area contributed by atoms with Crippen LogP contribution in [0.2, 0.25) is 0 Å². The summed E-state index contributed by atoms with van der Waals surface area (Å²) in [4.78, 5) is 4.20. The van der Waals surface area contributed by atoms with Gasteiger partial charge in [0.1, 0.15) is 18.1 Å². The van der Waals surface area contributed by atoms with Crippen LogP contribution in [0.3, 0.4) is 0 Å². The SMILES string of the molecule is O=S(=O)(c1cnc2c(c1)OCCO2)N1CC2=CNCC2C1. The van der Waals surface area contributed by atoms with Gasteiger partial charge in [-0.2, -0.15) is 4.31 Å². The summed E-state index contributed by atoms with van der Waals surface area (Å²) in [5.74, 6) is 1.03. The lowest BCUT2D eigenvalue weighted by molar-refractivity contribution is 0.163. The van der Waals surface area contributed by atoms with Crippen molar-refractivity contribution in [3.63, 3.8) is 0 Å². The van der Waals surface area contributed by atoms with Gasteiger partial charge in [0.05, 0.1) is 6.20 Å². The van der Waals surface area contributed by atoms with E-state index < -0.39 is 10.0 Å². The highest BCUT2D eigenvalue weighted by Crippen LogP contribution is 2.33. The number of sulfonamides is 1. The number of hydrogen-bond donors (Lipinski definition) is 1. The van der Waals surface area contributed by atoms with Crippen LogP contribution in [0.15, 0.2) is 28.9 Å². The van der Waals surface area contributed by atoms with Gasteiger partial charge in [-0.3, -0.25) is 0 Å². The average Bonchev–Trinajstić information content (AvgIpc) is 3.08. The van der Waals surface area contributed by atoms with Gasteiger partial charge in [-0.05, 0) is 11.8 Å². The molecule has 0 bridgehead atoms. The van der Waals surface area contributed by atoms with E-state index in [1.165, 1.54) is 16.6 Å². The third-order valence-electron chi connectivity index (χ3n) is 3.97. The minimum atomic E-state index is -3.55. The van der Waals surface area contributed by atoms with Gasteiger partial charge in [-0.25, -0.2) is 13.4 Å². The Bertz CT molecular complexity index is 716. The molecule has 0 radical (unpaired) electrons. The van der Waals surface area contributed by atoms with Crippen LogP contribution in [0.25, 0.3) is 0 Å². The van der Waals surface area contributed by atoms with Crippen LogP contribution in [-0.2, 0) is 10.0 Å². The van der Waals surface area contributed by atoms with Crippen molar-refractivity contribution in [1.82, 2.24) is 14.6 Å². The van der Waals surface area contributed by atoms with Gasteiger partial charge in [-0.1, -0.05) is 0 Å². The summed E-state index contributed by atoms with van der Waals surface area (Å²) >= 11 is 0. The van der Waals surface area contributed by atoms with Crippen LogP contribution >= 0.6 is 0 Å². The molecule has 4 heterocycles. The maximum Gasteiger partial charge on any atom is 0.257 e. The number of ether oxygens (including phenoxy) is 2. The normalized spacial score (nSPS) is 24.4. The van der Waals surface area contributed by atoms with Crippen molar-refractivity contribution in [2.45, 2.75) is 4.90 Å². The maximum atomic E-state index is 12.7. The first-order valence-electron chi connectivity index (χ1n) is 6.83. The van der Waals surface area contributed by atoms with E-state index in [0.717, 1.165) is 12.1 Å². The zero-order valence-corrected chi connectivity index (χ0v) is 12.1. The summed E-state index contributed by atoms with van der Waals surface area (Å²) in [6.07, 6.45) is 3.26. The lowest BCUT2D eigenvalue weighted by atomic mass is 10.1. The van der Waals surface area contributed by atoms with E-state index in [1.54, 1.807) is 0 Å². The second-order valence-electron chi connectivity index (χ2n) is 5.29. The Labute approximate surface area is 122 Å². The molecule has 4 rings (SSSR count). The molecule has 112 valence electrons. The molecule has 1 unspecified atom stereocenters. The fraction of sp³-hybridized carbons (Fsp3) is 0.462. The summed E-state index contributed by atoms with van der Waals surface area (Å²) in [7, 11) is -3.55. The molecule has 0 amide bonds. The van der Waals surface area contributed by atoms with Gasteiger partial charge < -0.3 is 14.8 Å². The molecular weight excluding hydrogens is 294 g/mol. The molecule has 1 saturated heterocycles. The molecule has 0 aliphatic carbocycles. The summed E-state index contributed by atoms with van der Waals surface area (Å²) in [5, 5.41) is 3.14. The van der Waals surface area contributed by atoms with Gasteiger partial charge in [0, 0.05) is 31.6 Å². The molecule has 0 spiro atoms. The standard InChI is InChI=1S/C13H15N3O4S/c17-21(18,16-7-9-4-14-5-10(9)8-16)11-3-12-13(15-6-11)20-2-1-19-12/h3-4,6,10,14H,1-2,5,7-8H2. The number of fused-ring (bicyclic) bond motifs is 2. The Kier molecular flexibility index (Phi) is 2.83. The zero-order valence-electron chi connectivity index (χ0n) is 11.3. The van der Waals surface area contributed by atoms with Gasteiger partial charge in [0.25, 0.3) is 5.88 Å². The summed E-state index contributed by atoms with van der Waals surface area (Å²) < 4.78 is 37.6. The second-order valence-corrected chi connectivity index (χ2v) is 7.23. The minimum Gasteiger partial charge on any atom is -0.484 e. The molecule has 3 aliphatic rings. The molecule has 1 aromatic heterocycles. The third kappa shape index (κ3) is 2.06. The van der Waals surface area contributed by atoms with Crippen molar-refractivity contribution < 1.29 is 17.9 Å². The number of hydrogen-bond acceptors (Lipinski definition) is 6. The van der Waals surface area contributed by atoms with Crippen molar-refractivity contribution in [3.8, 4) is 11.6 Å². The monoisotopic (exact) mass is 309 g/mol. The van der Waals surface area contributed by atoms with Gasteiger partial charge in [0.2, 0.25) is 10.0 Å². The lowest BCUT2D eigenvalue weighted by Crippen LogP contribution is -2.30. The fourth-order valence-electron chi connectivity index (χ4n) is 2.84. The number of nitrogens with one attached hydrogen (secondary N) is 1. The Morgan fingerprint density at radius 2 is 2.19 bits per heavy atom. The van der Waals surface area contributed by atoms with Crippen LogP contribution in [-0.4, -0.2) is 50.6 Å². The van der Waals surface area contributed by atoms with Crippen LogP contribution in [0.1, 0.15) is 0 Å². The van der Waals surface area contributed by atoms with Crippen LogP contribution in [0.4, 0.5) is 0 Å². The third-order valence-corrected chi connectivity index (χ3v) is 5.75. The molecule has 8 heteroatoms. The quantitative estimate of drug-likeness (QED) is 0.826. The summed E-state index contributed by atoms with van der Waals surface area (Å²) in [6, 6.07) is 1.50. The Hall–Kier alpha value is -1.80. The van der Waals surface area contributed by atoms with Crippen molar-refractivity contribution in [2.24, 2.45) is 5.92 Å². The number of rotatable bonds is 2. The van der Waals surface area contributed by atoms with Crippen molar-refractivity contribution >= 4 is 10.0 Å². The van der Waals surface area contributed by atoms with Gasteiger partial charge in [-0.15, -0.1) is 0 Å². The second kappa shape index (κ2) is 4.60. The summed E-state index contributed by atoms with van der Waals surface area (Å²) in [5.41, 5.74) is 1.14. The molecule has 1 fully saturated rings. The maximum absolute atomic E-state index is 12.7. The topological polar surface area (TPSA) is 80.8 Å². The van der Waals surface area contributed by atoms with E-state index >= 15 is 0 Å². The molecule has 1 atom stereocenters. The first-order chi connectivity index (χ1) is 10.1. The molecule has 7 nitrogen and oxygen atoms in total. The molecule has 3 aliphatic heterocycles. The molecular formula is C13H15N3O4S. The molecule has 1 aromatic rings. The Morgan fingerprint density at radius 3 is 3.05 bits per heavy atom. The highest BCUT2D eigenvalue weighted by Gasteiger charge is 2.37. The van der Waals surface area contributed by atoms with E-state index in [2.05, 4.69) is 10.3 Å². The average molecular weight is 309 g/mol. The predicted molar refractivity (Wildman–Crippen MR) is 73.6 cm³/mol. The van der Waals surface area contributed by atoms with Crippen LogP contribution < -0.4 is 14.8 Å². The van der Waals surface area contributed by atoms with Gasteiger partial charge in [0.15, 0.2) is 5.75 Å². The molecule has 1 N–H and O–H groups in total. The first-order valence-corrected chi connectivity index (χ1v) is 8.27. The predicted octanol–water partition coefficient (Wildman–Crippen LogP) is -0.0396. The highest BCUT2D eigenvalue weighted by atomic mass is 32.2. The van der Waals surface area contributed by atoms with Crippen molar-refractivity contribution in [3.05, 3.63) is 24.0 Å².